The quantitative estimate of drug-likeness (QED) is 0.816. The molecule has 0 aliphatic rings. The molecular formula is C12H16OS2. The van der Waals surface area contributed by atoms with Crippen molar-refractivity contribution in [1.82, 2.24) is 0 Å². The molecule has 0 spiro atoms. The van der Waals surface area contributed by atoms with Gasteiger partial charge in [0.25, 0.3) is 0 Å². The summed E-state index contributed by atoms with van der Waals surface area (Å²) >= 11 is 3.73. The molecule has 0 aromatic carbocycles. The van der Waals surface area contributed by atoms with Crippen molar-refractivity contribution >= 4 is 23.1 Å². The van der Waals surface area contributed by atoms with Crippen LogP contribution in [0.2, 0.25) is 0 Å². The molecule has 1 unspecified atom stereocenters. The molecule has 15 heavy (non-hydrogen) atoms. The van der Waals surface area contributed by atoms with Crippen molar-refractivity contribution in [3.63, 3.8) is 0 Å². The summed E-state index contributed by atoms with van der Waals surface area (Å²) in [5.41, 5.74) is 1.02. The smallest absolute Gasteiger partial charge is 0.104 e. The van der Waals surface area contributed by atoms with Gasteiger partial charge < -0.3 is 5.11 Å². The molecule has 0 bridgehead atoms. The van der Waals surface area contributed by atoms with Gasteiger partial charge in [-0.3, -0.25) is 0 Å². The third kappa shape index (κ3) is 4.74. The van der Waals surface area contributed by atoms with E-state index in [1.165, 1.54) is 11.3 Å². The molecule has 0 saturated carbocycles. The van der Waals surface area contributed by atoms with Crippen molar-refractivity contribution in [1.29, 1.82) is 0 Å². The lowest BCUT2D eigenvalue weighted by atomic mass is 10.3. The Morgan fingerprint density at radius 3 is 3.07 bits per heavy atom. The van der Waals surface area contributed by atoms with Gasteiger partial charge in [-0.1, -0.05) is 25.7 Å². The number of aliphatic hydroxyl groups is 1. The Hall–Kier alpha value is -0.430. The fraction of sp³-hybridized carbons (Fsp3) is 0.500. The Labute approximate surface area is 99.9 Å². The van der Waals surface area contributed by atoms with Gasteiger partial charge in [0.1, 0.15) is 6.61 Å². The van der Waals surface area contributed by atoms with Crippen LogP contribution in [-0.4, -0.2) is 17.0 Å². The van der Waals surface area contributed by atoms with Gasteiger partial charge in [0, 0.05) is 26.8 Å². The largest absolute Gasteiger partial charge is 0.384 e. The van der Waals surface area contributed by atoms with Crippen LogP contribution in [0.1, 0.15) is 30.7 Å². The first kappa shape index (κ1) is 12.6. The molecule has 0 radical (unpaired) electrons. The average Bonchev–Trinajstić information content (AvgIpc) is 2.71. The molecule has 1 rings (SSSR count). The van der Waals surface area contributed by atoms with E-state index in [1.807, 2.05) is 11.8 Å². The van der Waals surface area contributed by atoms with Crippen LogP contribution in [0.25, 0.3) is 0 Å². The number of thioether (sulfide) groups is 1. The fourth-order valence-electron chi connectivity index (χ4n) is 1.01. The van der Waals surface area contributed by atoms with Gasteiger partial charge in [0.05, 0.1) is 0 Å². The summed E-state index contributed by atoms with van der Waals surface area (Å²) < 4.78 is 0. The minimum absolute atomic E-state index is 0.0627. The summed E-state index contributed by atoms with van der Waals surface area (Å²) in [6.45, 7) is 4.40. The van der Waals surface area contributed by atoms with Gasteiger partial charge in [0.15, 0.2) is 0 Å². The molecule has 1 aromatic heterocycles. The van der Waals surface area contributed by atoms with Gasteiger partial charge in [-0.25, -0.2) is 0 Å². The van der Waals surface area contributed by atoms with Crippen LogP contribution in [0.3, 0.4) is 0 Å². The predicted octanol–water partition coefficient (Wildman–Crippen LogP) is 3.12. The van der Waals surface area contributed by atoms with Crippen LogP contribution in [-0.2, 0) is 5.75 Å². The summed E-state index contributed by atoms with van der Waals surface area (Å²) in [6, 6.07) is 2.11. The number of hydrogen-bond acceptors (Lipinski definition) is 3. The molecule has 0 aliphatic carbocycles. The highest BCUT2D eigenvalue weighted by Gasteiger charge is 2.02. The van der Waals surface area contributed by atoms with E-state index in [0.717, 1.165) is 16.6 Å². The summed E-state index contributed by atoms with van der Waals surface area (Å²) in [5, 5.41) is 11.3. The first-order chi connectivity index (χ1) is 7.26. The standard InChI is InChI=1S/C12H16OS2/c1-3-10(2)14-9-12-7-11(8-15-12)5-4-6-13/h7-8,10,13H,3,6,9H2,1-2H3. The molecule has 82 valence electrons. The van der Waals surface area contributed by atoms with Gasteiger partial charge in [-0.2, -0.15) is 11.8 Å². The van der Waals surface area contributed by atoms with Crippen LogP contribution in [0.4, 0.5) is 0 Å². The second-order valence-corrected chi connectivity index (χ2v) is 5.71. The van der Waals surface area contributed by atoms with Crippen molar-refractivity contribution in [3.05, 3.63) is 21.9 Å². The fourth-order valence-corrected chi connectivity index (χ4v) is 2.85. The highest BCUT2D eigenvalue weighted by atomic mass is 32.2. The zero-order chi connectivity index (χ0) is 11.1. The minimum atomic E-state index is -0.0627. The predicted molar refractivity (Wildman–Crippen MR) is 69.3 cm³/mol. The minimum Gasteiger partial charge on any atom is -0.384 e. The van der Waals surface area contributed by atoms with Crippen LogP contribution < -0.4 is 0 Å². The Kier molecular flexibility index (Phi) is 5.85. The molecule has 1 heterocycles. The molecule has 1 nitrogen and oxygen atoms in total. The molecule has 1 aromatic rings. The van der Waals surface area contributed by atoms with E-state index in [2.05, 4.69) is 37.1 Å². The van der Waals surface area contributed by atoms with Crippen LogP contribution >= 0.6 is 23.1 Å². The van der Waals surface area contributed by atoms with E-state index in [1.54, 1.807) is 11.3 Å². The first-order valence-corrected chi connectivity index (χ1v) is 6.97. The second-order valence-electron chi connectivity index (χ2n) is 3.29. The van der Waals surface area contributed by atoms with Crippen LogP contribution in [0.15, 0.2) is 11.4 Å². The van der Waals surface area contributed by atoms with Crippen LogP contribution in [0, 0.1) is 11.8 Å². The summed E-state index contributed by atoms with van der Waals surface area (Å²) in [5.74, 6) is 6.65. The van der Waals surface area contributed by atoms with E-state index in [4.69, 9.17) is 5.11 Å². The van der Waals surface area contributed by atoms with E-state index in [9.17, 15) is 0 Å². The van der Waals surface area contributed by atoms with E-state index >= 15 is 0 Å². The average molecular weight is 240 g/mol. The summed E-state index contributed by atoms with van der Waals surface area (Å²) in [6.07, 6.45) is 1.22. The Morgan fingerprint density at radius 1 is 1.60 bits per heavy atom. The lowest BCUT2D eigenvalue weighted by molar-refractivity contribution is 0.350. The summed E-state index contributed by atoms with van der Waals surface area (Å²) in [4.78, 5) is 1.36. The van der Waals surface area contributed by atoms with Gasteiger partial charge in [-0.05, 0) is 12.5 Å². The highest BCUT2D eigenvalue weighted by Crippen LogP contribution is 2.24. The third-order valence-electron chi connectivity index (χ3n) is 2.05. The zero-order valence-electron chi connectivity index (χ0n) is 9.12. The molecule has 1 N–H and O–H groups in total. The molecule has 0 amide bonds. The Balaban J connectivity index is 2.46. The number of rotatable bonds is 4. The van der Waals surface area contributed by atoms with Gasteiger partial charge >= 0.3 is 0 Å². The lowest BCUT2D eigenvalue weighted by Gasteiger charge is -2.05. The monoisotopic (exact) mass is 240 g/mol. The van der Waals surface area contributed by atoms with Crippen molar-refractivity contribution in [2.24, 2.45) is 0 Å². The maximum absolute atomic E-state index is 8.57. The molecule has 3 heteroatoms. The SMILES string of the molecule is CCC(C)SCc1cc(C#CCO)cs1. The maximum Gasteiger partial charge on any atom is 0.104 e. The Morgan fingerprint density at radius 2 is 2.40 bits per heavy atom. The maximum atomic E-state index is 8.57. The molecule has 1 atom stereocenters. The third-order valence-corrected chi connectivity index (χ3v) is 4.55. The van der Waals surface area contributed by atoms with Crippen molar-refractivity contribution in [2.75, 3.05) is 6.61 Å². The number of hydrogen-bond donors (Lipinski definition) is 1. The van der Waals surface area contributed by atoms with Crippen molar-refractivity contribution in [3.8, 4) is 11.8 Å². The number of aliphatic hydroxyl groups excluding tert-OH is 1. The first-order valence-electron chi connectivity index (χ1n) is 5.05. The second kappa shape index (κ2) is 6.95. The van der Waals surface area contributed by atoms with E-state index in [-0.39, 0.29) is 6.61 Å². The molecule has 0 aliphatic heterocycles. The van der Waals surface area contributed by atoms with E-state index in [0.29, 0.717) is 0 Å². The highest BCUT2D eigenvalue weighted by molar-refractivity contribution is 7.99. The summed E-state index contributed by atoms with van der Waals surface area (Å²) in [7, 11) is 0. The lowest BCUT2D eigenvalue weighted by Crippen LogP contribution is -1.92. The molecular weight excluding hydrogens is 224 g/mol. The van der Waals surface area contributed by atoms with Crippen molar-refractivity contribution < 1.29 is 5.11 Å². The van der Waals surface area contributed by atoms with Gasteiger partial charge in [0.2, 0.25) is 0 Å². The van der Waals surface area contributed by atoms with E-state index < -0.39 is 0 Å². The molecule has 0 fully saturated rings. The van der Waals surface area contributed by atoms with Gasteiger partial charge in [-0.15, -0.1) is 11.3 Å². The normalized spacial score (nSPS) is 11.9. The van der Waals surface area contributed by atoms with Crippen molar-refractivity contribution in [2.45, 2.75) is 31.3 Å². The Bertz CT molecular complexity index is 346. The van der Waals surface area contributed by atoms with Crippen LogP contribution in [0.5, 0.6) is 0 Å². The zero-order valence-corrected chi connectivity index (χ0v) is 10.8. The molecule has 0 saturated heterocycles. The topological polar surface area (TPSA) is 20.2 Å². The number of thiophene rings is 1.